The number of allylic oxidation sites excluding steroid dienone is 1. The average molecular weight is 613 g/mol. The Morgan fingerprint density at radius 3 is 2.00 bits per heavy atom. The van der Waals surface area contributed by atoms with Gasteiger partial charge in [-0.2, -0.15) is 0 Å². The molecule has 5 saturated carbocycles. The summed E-state index contributed by atoms with van der Waals surface area (Å²) in [6.07, 6.45) is 14.2. The summed E-state index contributed by atoms with van der Waals surface area (Å²) in [4.78, 5) is 0. The monoisotopic (exact) mass is 613 g/mol. The van der Waals surface area contributed by atoms with E-state index in [0.29, 0.717) is 46.5 Å². The van der Waals surface area contributed by atoms with E-state index < -0.39 is 9.04 Å². The molecule has 0 spiro atoms. The molecule has 0 aliphatic heterocycles. The fourth-order valence-corrected chi connectivity index (χ4v) is 16.3. The smallest absolute Gasteiger partial charge is 0.171 e. The maximum atomic E-state index is 10.9. The Morgan fingerprint density at radius 2 is 1.47 bits per heavy atom. The summed E-state index contributed by atoms with van der Waals surface area (Å²) in [6, 6.07) is 0. The first kappa shape index (κ1) is 34.2. The Morgan fingerprint density at radius 1 is 0.814 bits per heavy atom. The van der Waals surface area contributed by atoms with Gasteiger partial charge in [0.2, 0.25) is 0 Å². The van der Waals surface area contributed by atoms with Crippen LogP contribution in [0.25, 0.3) is 0 Å². The minimum absolute atomic E-state index is 0.0726. The molecule has 0 aromatic carbocycles. The van der Waals surface area contributed by atoms with Crippen LogP contribution < -0.4 is 0 Å². The van der Waals surface area contributed by atoms with Crippen LogP contribution in [0.3, 0.4) is 0 Å². The first-order chi connectivity index (χ1) is 19.6. The van der Waals surface area contributed by atoms with E-state index in [0.717, 1.165) is 5.92 Å². The Balaban J connectivity index is 1.60. The molecule has 5 aliphatic carbocycles. The van der Waals surface area contributed by atoms with E-state index in [9.17, 15) is 5.11 Å². The summed E-state index contributed by atoms with van der Waals surface area (Å²) in [7, 11) is -1.27. The van der Waals surface area contributed by atoms with Gasteiger partial charge in [-0.3, -0.25) is 0 Å². The van der Waals surface area contributed by atoms with Crippen LogP contribution in [-0.4, -0.2) is 26.4 Å². The highest BCUT2D eigenvalue weighted by atomic mass is 28.3. The zero-order valence-electron chi connectivity index (χ0n) is 31.0. The van der Waals surface area contributed by atoms with Crippen LogP contribution >= 0.6 is 0 Å². The predicted molar refractivity (Wildman–Crippen MR) is 187 cm³/mol. The Hall–Kier alpha value is -0.123. The van der Waals surface area contributed by atoms with Gasteiger partial charge in [-0.15, -0.1) is 0 Å². The van der Waals surface area contributed by atoms with Crippen LogP contribution in [0.4, 0.5) is 0 Å². The quantitative estimate of drug-likeness (QED) is 0.247. The fraction of sp³-hybridized carbons (Fsp3) is 0.950. The lowest BCUT2D eigenvalue weighted by Crippen LogP contribution is -2.72. The van der Waals surface area contributed by atoms with Crippen molar-refractivity contribution in [3.05, 3.63) is 12.2 Å². The molecule has 0 radical (unpaired) electrons. The molecule has 0 saturated heterocycles. The van der Waals surface area contributed by atoms with Crippen molar-refractivity contribution in [1.82, 2.24) is 0 Å². The first-order valence-electron chi connectivity index (χ1n) is 18.5. The van der Waals surface area contributed by atoms with E-state index in [1.165, 1.54) is 76.2 Å². The van der Waals surface area contributed by atoms with Crippen molar-refractivity contribution in [2.24, 2.45) is 67.5 Å². The van der Waals surface area contributed by atoms with Gasteiger partial charge in [0.05, 0.1) is 5.60 Å². The number of hydrogen-bond donors (Lipinski definition) is 1. The molecule has 5 aliphatic rings. The van der Waals surface area contributed by atoms with Gasteiger partial charge >= 0.3 is 0 Å². The minimum atomic E-state index is -1.27. The molecular weight excluding hydrogens is 541 g/mol. The third-order valence-corrected chi connectivity index (χ3v) is 16.9. The van der Waals surface area contributed by atoms with Crippen molar-refractivity contribution in [2.45, 2.75) is 165 Å². The van der Waals surface area contributed by atoms with Gasteiger partial charge in [0.1, 0.15) is 0 Å². The summed E-state index contributed by atoms with van der Waals surface area (Å²) in [5, 5.41) is 10.9. The molecule has 43 heavy (non-hydrogen) atoms. The zero-order valence-corrected chi connectivity index (χ0v) is 32.2. The summed E-state index contributed by atoms with van der Waals surface area (Å²) in [5.74, 6) is 3.38. The molecule has 0 bridgehead atoms. The van der Waals surface area contributed by atoms with Crippen LogP contribution in [-0.2, 0) is 4.43 Å². The van der Waals surface area contributed by atoms with E-state index in [2.05, 4.69) is 95.8 Å². The summed E-state index contributed by atoms with van der Waals surface area (Å²) < 4.78 is 7.48. The molecule has 0 heterocycles. The molecule has 11 atom stereocenters. The predicted octanol–water partition coefficient (Wildman–Crippen LogP) is 10.8. The van der Waals surface area contributed by atoms with Crippen molar-refractivity contribution < 1.29 is 9.53 Å². The lowest BCUT2D eigenvalue weighted by atomic mass is 9.30. The van der Waals surface area contributed by atoms with Gasteiger partial charge < -0.3 is 9.53 Å². The van der Waals surface area contributed by atoms with Crippen molar-refractivity contribution in [2.75, 3.05) is 6.61 Å². The molecule has 2 nitrogen and oxygen atoms in total. The molecular formula is C40H72O2Si. The molecule has 0 aromatic rings. The molecule has 248 valence electrons. The summed E-state index contributed by atoms with van der Waals surface area (Å²) >= 11 is 0. The largest absolute Gasteiger partial charge is 0.414 e. The van der Waals surface area contributed by atoms with Crippen LogP contribution in [0.2, 0.25) is 13.1 Å². The SMILES string of the molecule is C=C(C)[C@@H]1CC[C@]2(CO)CC[C@]3(C)[C@H](CC[C@@H]4[C@@]5(C)CCC(O[SiH](C)C)(C(C)(C)C)C(C)(CC(C)(C)C)[C@@H]5CC[C@]43C)[C@@H]12. The molecule has 5 fully saturated rings. The standard InChI is InChI=1S/C40H72O2Si/c1-27(2)28-17-20-39(26-41)23-22-36(10)29(32(28)39)15-16-30-35(9)21-24-40(34(6,7)8,42-43(13)14)38(12,25-33(3,4)5)31(35)18-19-37(30,36)11/h28-32,41,43H,1,15-26H2,2-14H3/t28-,29+,30+,31+,32+,35+,36+,37+,38?,39+,40?/m0/s1. The van der Waals surface area contributed by atoms with Gasteiger partial charge in [0.15, 0.2) is 9.04 Å². The summed E-state index contributed by atoms with van der Waals surface area (Å²) in [5.41, 5.74) is 2.98. The molecule has 0 amide bonds. The fourth-order valence-electron chi connectivity index (χ4n) is 14.7. The van der Waals surface area contributed by atoms with E-state index >= 15 is 0 Å². The molecule has 0 aromatic heterocycles. The van der Waals surface area contributed by atoms with E-state index in [1.807, 2.05) is 0 Å². The third kappa shape index (κ3) is 4.63. The molecule has 3 heteroatoms. The summed E-state index contributed by atoms with van der Waals surface area (Å²) in [6.45, 7) is 38.0. The Labute approximate surface area is 269 Å². The van der Waals surface area contributed by atoms with E-state index in [-0.39, 0.29) is 27.3 Å². The second kappa shape index (κ2) is 10.4. The lowest BCUT2D eigenvalue weighted by molar-refractivity contribution is -0.286. The maximum Gasteiger partial charge on any atom is 0.171 e. The molecule has 2 unspecified atom stereocenters. The zero-order chi connectivity index (χ0) is 32.2. The Bertz CT molecular complexity index is 1080. The molecule has 5 rings (SSSR count). The Kier molecular flexibility index (Phi) is 8.31. The van der Waals surface area contributed by atoms with Gasteiger partial charge in [0, 0.05) is 6.61 Å². The van der Waals surface area contributed by atoms with Gasteiger partial charge in [-0.25, -0.2) is 0 Å². The maximum absolute atomic E-state index is 10.9. The second-order valence-corrected chi connectivity index (χ2v) is 22.9. The van der Waals surface area contributed by atoms with Crippen molar-refractivity contribution in [1.29, 1.82) is 0 Å². The van der Waals surface area contributed by atoms with Crippen LogP contribution in [0.15, 0.2) is 12.2 Å². The van der Waals surface area contributed by atoms with Gasteiger partial charge in [0.25, 0.3) is 0 Å². The van der Waals surface area contributed by atoms with Gasteiger partial charge in [-0.1, -0.05) is 81.4 Å². The first-order valence-corrected chi connectivity index (χ1v) is 21.3. The number of aliphatic hydroxyl groups excluding tert-OH is 1. The lowest BCUT2D eigenvalue weighted by Gasteiger charge is -2.76. The van der Waals surface area contributed by atoms with Crippen molar-refractivity contribution in [3.8, 4) is 0 Å². The van der Waals surface area contributed by atoms with Crippen molar-refractivity contribution in [3.63, 3.8) is 0 Å². The second-order valence-electron chi connectivity index (χ2n) is 20.6. The third-order valence-electron chi connectivity index (χ3n) is 16.1. The van der Waals surface area contributed by atoms with Crippen LogP contribution in [0.5, 0.6) is 0 Å². The van der Waals surface area contributed by atoms with E-state index in [1.54, 1.807) is 0 Å². The minimum Gasteiger partial charge on any atom is -0.414 e. The highest BCUT2D eigenvalue weighted by molar-refractivity contribution is 6.48. The van der Waals surface area contributed by atoms with E-state index in [4.69, 9.17) is 4.43 Å². The van der Waals surface area contributed by atoms with Crippen LogP contribution in [0, 0.1) is 67.5 Å². The number of fused-ring (bicyclic) bond motifs is 7. The van der Waals surface area contributed by atoms with Crippen molar-refractivity contribution >= 4 is 9.04 Å². The number of rotatable bonds is 5. The number of aliphatic hydroxyl groups is 1. The average Bonchev–Trinajstić information content (AvgIpc) is 3.25. The number of hydrogen-bond acceptors (Lipinski definition) is 2. The van der Waals surface area contributed by atoms with Gasteiger partial charge in [-0.05, 0) is 158 Å². The topological polar surface area (TPSA) is 29.5 Å². The highest BCUT2D eigenvalue weighted by Gasteiger charge is 2.74. The highest BCUT2D eigenvalue weighted by Crippen LogP contribution is 2.79. The van der Waals surface area contributed by atoms with Crippen LogP contribution in [0.1, 0.15) is 147 Å². The normalized spacial score (nSPS) is 50.1. The molecule has 1 N–H and O–H groups in total.